The number of hydrogen-bond donors (Lipinski definition) is 1. The number of nitro groups is 1. The Bertz CT molecular complexity index is 688. The summed E-state index contributed by atoms with van der Waals surface area (Å²) < 4.78 is 13.2. The zero-order chi connectivity index (χ0) is 14.7. The molecule has 0 saturated heterocycles. The maximum absolute atomic E-state index is 13.2. The summed E-state index contributed by atoms with van der Waals surface area (Å²) in [6.45, 7) is 1.72. The molecule has 0 fully saturated rings. The second-order valence-electron chi connectivity index (χ2n) is 4.06. The molecule has 102 valence electrons. The van der Waals surface area contributed by atoms with Gasteiger partial charge in [0.2, 0.25) is 0 Å². The van der Waals surface area contributed by atoms with Crippen LogP contribution in [0.4, 0.5) is 15.8 Å². The van der Waals surface area contributed by atoms with Crippen molar-refractivity contribution in [1.82, 2.24) is 4.98 Å². The molecule has 0 aliphatic rings. The van der Waals surface area contributed by atoms with Gasteiger partial charge in [0.1, 0.15) is 11.4 Å². The first-order chi connectivity index (χ1) is 9.49. The number of aryl methyl sites for hydroxylation is 1. The molecule has 0 unspecified atom stereocenters. The van der Waals surface area contributed by atoms with Crippen LogP contribution in [-0.4, -0.2) is 15.8 Å². The number of aromatic nitrogens is 1. The highest BCUT2D eigenvalue weighted by Crippen LogP contribution is 2.21. The molecule has 0 bridgehead atoms. The summed E-state index contributed by atoms with van der Waals surface area (Å²) in [5.74, 6) is -1.46. The van der Waals surface area contributed by atoms with Crippen LogP contribution in [0.15, 0.2) is 36.7 Å². The number of anilines is 1. The van der Waals surface area contributed by atoms with Crippen LogP contribution < -0.4 is 5.32 Å². The fourth-order valence-electron chi connectivity index (χ4n) is 1.65. The van der Waals surface area contributed by atoms with E-state index in [4.69, 9.17) is 0 Å². The van der Waals surface area contributed by atoms with E-state index in [9.17, 15) is 19.3 Å². The largest absolute Gasteiger partial charge is 0.321 e. The summed E-state index contributed by atoms with van der Waals surface area (Å²) in [5.41, 5.74) is 0.380. The van der Waals surface area contributed by atoms with E-state index in [1.807, 2.05) is 0 Å². The Morgan fingerprint density at radius 2 is 2.15 bits per heavy atom. The Morgan fingerprint density at radius 1 is 1.40 bits per heavy atom. The van der Waals surface area contributed by atoms with Gasteiger partial charge in [-0.15, -0.1) is 0 Å². The molecular weight excluding hydrogens is 265 g/mol. The first-order valence-electron chi connectivity index (χ1n) is 5.65. The number of amides is 1. The Labute approximate surface area is 113 Å². The van der Waals surface area contributed by atoms with E-state index in [2.05, 4.69) is 10.3 Å². The standard InChI is InChI=1S/C13H10FN3O3/c1-8-7-15-5-4-11(8)16-13(18)10-6-9(14)2-3-12(10)17(19)20/h2-7H,1H3,(H,15,16,18). The Balaban J connectivity index is 2.37. The van der Waals surface area contributed by atoms with E-state index in [0.717, 1.165) is 18.2 Å². The summed E-state index contributed by atoms with van der Waals surface area (Å²) in [6.07, 6.45) is 3.01. The van der Waals surface area contributed by atoms with E-state index >= 15 is 0 Å². The SMILES string of the molecule is Cc1cnccc1NC(=O)c1cc(F)ccc1[N+](=O)[O-]. The molecule has 1 aromatic heterocycles. The van der Waals surface area contributed by atoms with Gasteiger partial charge in [0.25, 0.3) is 11.6 Å². The van der Waals surface area contributed by atoms with Crippen LogP contribution >= 0.6 is 0 Å². The summed E-state index contributed by atoms with van der Waals surface area (Å²) in [6, 6.07) is 4.29. The third-order valence-corrected chi connectivity index (χ3v) is 2.67. The smallest absolute Gasteiger partial charge is 0.282 e. The van der Waals surface area contributed by atoms with Gasteiger partial charge in [0.05, 0.1) is 4.92 Å². The molecule has 1 heterocycles. The lowest BCUT2D eigenvalue weighted by Gasteiger charge is -2.08. The fourth-order valence-corrected chi connectivity index (χ4v) is 1.65. The summed E-state index contributed by atoms with van der Waals surface area (Å²) >= 11 is 0. The Hall–Kier alpha value is -2.83. The molecule has 0 aliphatic heterocycles. The molecule has 0 radical (unpaired) electrons. The number of nitrogens with zero attached hydrogens (tertiary/aromatic N) is 2. The van der Waals surface area contributed by atoms with Crippen molar-refractivity contribution in [2.45, 2.75) is 6.92 Å². The summed E-state index contributed by atoms with van der Waals surface area (Å²) in [7, 11) is 0. The van der Waals surface area contributed by atoms with Crippen LogP contribution in [0.25, 0.3) is 0 Å². The summed E-state index contributed by atoms with van der Waals surface area (Å²) in [4.78, 5) is 26.0. The normalized spacial score (nSPS) is 10.1. The van der Waals surface area contributed by atoms with Crippen molar-refractivity contribution in [3.63, 3.8) is 0 Å². The zero-order valence-corrected chi connectivity index (χ0v) is 10.5. The maximum Gasteiger partial charge on any atom is 0.282 e. The molecule has 1 aromatic carbocycles. The number of carbonyl (C=O) groups is 1. The number of carbonyl (C=O) groups excluding carboxylic acids is 1. The summed E-state index contributed by atoms with van der Waals surface area (Å²) in [5, 5.41) is 13.3. The van der Waals surface area contributed by atoms with Gasteiger partial charge in [-0.3, -0.25) is 19.9 Å². The van der Waals surface area contributed by atoms with Gasteiger partial charge in [-0.05, 0) is 30.7 Å². The molecule has 2 rings (SSSR count). The highest BCUT2D eigenvalue weighted by Gasteiger charge is 2.21. The Kier molecular flexibility index (Phi) is 3.69. The zero-order valence-electron chi connectivity index (χ0n) is 10.5. The first kappa shape index (κ1) is 13.6. The van der Waals surface area contributed by atoms with Gasteiger partial charge in [-0.25, -0.2) is 4.39 Å². The molecule has 20 heavy (non-hydrogen) atoms. The van der Waals surface area contributed by atoms with E-state index in [1.54, 1.807) is 13.0 Å². The van der Waals surface area contributed by atoms with Crippen LogP contribution in [0.1, 0.15) is 15.9 Å². The van der Waals surface area contributed by atoms with E-state index in [1.165, 1.54) is 12.4 Å². The molecule has 2 aromatic rings. The molecule has 0 atom stereocenters. The van der Waals surface area contributed by atoms with Gasteiger partial charge in [-0.1, -0.05) is 0 Å². The molecule has 6 nitrogen and oxygen atoms in total. The molecule has 7 heteroatoms. The third-order valence-electron chi connectivity index (χ3n) is 2.67. The quantitative estimate of drug-likeness (QED) is 0.689. The van der Waals surface area contributed by atoms with E-state index < -0.39 is 22.3 Å². The van der Waals surface area contributed by atoms with Gasteiger partial charge in [-0.2, -0.15) is 0 Å². The van der Waals surface area contributed by atoms with Crippen molar-refractivity contribution in [2.75, 3.05) is 5.32 Å². The minimum atomic E-state index is -0.745. The minimum absolute atomic E-state index is 0.328. The lowest BCUT2D eigenvalue weighted by atomic mass is 10.1. The van der Waals surface area contributed by atoms with Crippen molar-refractivity contribution in [2.24, 2.45) is 0 Å². The lowest BCUT2D eigenvalue weighted by Crippen LogP contribution is -2.15. The van der Waals surface area contributed by atoms with Gasteiger partial charge in [0, 0.05) is 24.1 Å². The molecule has 1 amide bonds. The Morgan fingerprint density at radius 3 is 2.80 bits per heavy atom. The number of hydrogen-bond acceptors (Lipinski definition) is 4. The van der Waals surface area contributed by atoms with Gasteiger partial charge in [0.15, 0.2) is 0 Å². The number of nitrogens with one attached hydrogen (secondary N) is 1. The van der Waals surface area contributed by atoms with Crippen LogP contribution in [0.2, 0.25) is 0 Å². The molecular formula is C13H10FN3O3. The van der Waals surface area contributed by atoms with Crippen molar-refractivity contribution in [3.05, 3.63) is 63.7 Å². The van der Waals surface area contributed by atoms with Crippen LogP contribution in [0.3, 0.4) is 0 Å². The highest BCUT2D eigenvalue weighted by molar-refractivity contribution is 6.07. The predicted octanol–water partition coefficient (Wildman–Crippen LogP) is 2.69. The average molecular weight is 275 g/mol. The highest BCUT2D eigenvalue weighted by atomic mass is 19.1. The van der Waals surface area contributed by atoms with E-state index in [0.29, 0.717) is 11.3 Å². The molecule has 1 N–H and O–H groups in total. The maximum atomic E-state index is 13.2. The minimum Gasteiger partial charge on any atom is -0.321 e. The second kappa shape index (κ2) is 5.43. The number of pyridine rings is 1. The topological polar surface area (TPSA) is 85.1 Å². The van der Waals surface area contributed by atoms with Crippen molar-refractivity contribution in [1.29, 1.82) is 0 Å². The van der Waals surface area contributed by atoms with Gasteiger partial charge >= 0.3 is 0 Å². The monoisotopic (exact) mass is 275 g/mol. The van der Waals surface area contributed by atoms with E-state index in [-0.39, 0.29) is 5.56 Å². The molecule has 0 aliphatic carbocycles. The number of rotatable bonds is 3. The van der Waals surface area contributed by atoms with Crippen LogP contribution in [0.5, 0.6) is 0 Å². The fraction of sp³-hybridized carbons (Fsp3) is 0.0769. The molecule has 0 saturated carbocycles. The van der Waals surface area contributed by atoms with Crippen molar-refractivity contribution < 1.29 is 14.1 Å². The number of halogens is 1. The number of nitro benzene ring substituents is 1. The second-order valence-corrected chi connectivity index (χ2v) is 4.06. The van der Waals surface area contributed by atoms with Crippen molar-refractivity contribution in [3.8, 4) is 0 Å². The average Bonchev–Trinajstić information content (AvgIpc) is 2.40. The molecule has 0 spiro atoms. The first-order valence-corrected chi connectivity index (χ1v) is 5.65. The third kappa shape index (κ3) is 2.77. The van der Waals surface area contributed by atoms with Crippen molar-refractivity contribution >= 4 is 17.3 Å². The predicted molar refractivity (Wildman–Crippen MR) is 70.0 cm³/mol. The number of benzene rings is 1. The van der Waals surface area contributed by atoms with Crippen LogP contribution in [-0.2, 0) is 0 Å². The lowest BCUT2D eigenvalue weighted by molar-refractivity contribution is -0.385. The van der Waals surface area contributed by atoms with Gasteiger partial charge < -0.3 is 5.32 Å². The van der Waals surface area contributed by atoms with Crippen LogP contribution in [0, 0.1) is 22.9 Å².